The van der Waals surface area contributed by atoms with Gasteiger partial charge in [-0.25, -0.2) is 9.78 Å². The lowest BCUT2D eigenvalue weighted by Crippen LogP contribution is -2.59. The molecule has 0 saturated heterocycles. The maximum atomic E-state index is 13.0. The van der Waals surface area contributed by atoms with Crippen molar-refractivity contribution in [1.29, 1.82) is 0 Å². The molecule has 0 aliphatic heterocycles. The summed E-state index contributed by atoms with van der Waals surface area (Å²) in [6, 6.07) is 3.37. The molecule has 1 heterocycles. The van der Waals surface area contributed by atoms with E-state index in [1.807, 2.05) is 0 Å². The molecule has 0 aliphatic rings. The molecular formula is C22H30N6O7. The highest BCUT2D eigenvalue weighted by molar-refractivity contribution is 5.94. The number of carboxylic acid groups (broad SMARTS) is 1. The molecule has 13 heteroatoms. The van der Waals surface area contributed by atoms with Crippen molar-refractivity contribution in [3.8, 4) is 0 Å². The van der Waals surface area contributed by atoms with Gasteiger partial charge in [0.05, 0.1) is 19.0 Å². The first kappa shape index (κ1) is 27.4. The molecular weight excluding hydrogens is 460 g/mol. The van der Waals surface area contributed by atoms with Gasteiger partial charge in [-0.1, -0.05) is 30.3 Å². The summed E-state index contributed by atoms with van der Waals surface area (Å²) in [4.78, 5) is 56.1. The van der Waals surface area contributed by atoms with E-state index in [1.165, 1.54) is 19.4 Å². The Kier molecular flexibility index (Phi) is 10.3. The van der Waals surface area contributed by atoms with E-state index in [2.05, 4.69) is 25.9 Å². The Bertz CT molecular complexity index is 983. The molecule has 0 radical (unpaired) electrons. The van der Waals surface area contributed by atoms with E-state index in [4.69, 9.17) is 5.73 Å². The SMILES string of the molecule is CC(O)C(N)C(=O)NC(Cc1ccccc1)C(=O)NC(CO)C(=O)NC(Cc1cnc[nH]1)C(=O)O. The van der Waals surface area contributed by atoms with Gasteiger partial charge in [0, 0.05) is 24.7 Å². The van der Waals surface area contributed by atoms with Crippen LogP contribution in [0.2, 0.25) is 0 Å². The Balaban J connectivity index is 2.12. The number of carbonyl (C=O) groups is 4. The molecule has 0 aliphatic carbocycles. The van der Waals surface area contributed by atoms with Gasteiger partial charge < -0.3 is 42.0 Å². The summed E-state index contributed by atoms with van der Waals surface area (Å²) in [5.74, 6) is -3.85. The Hall–Kier alpha value is -3.81. The van der Waals surface area contributed by atoms with Crippen LogP contribution in [0.4, 0.5) is 0 Å². The highest BCUT2D eigenvalue weighted by Crippen LogP contribution is 2.06. The van der Waals surface area contributed by atoms with Crippen LogP contribution >= 0.6 is 0 Å². The van der Waals surface area contributed by atoms with Crippen molar-refractivity contribution >= 4 is 23.7 Å². The lowest BCUT2D eigenvalue weighted by molar-refractivity contribution is -0.142. The highest BCUT2D eigenvalue weighted by atomic mass is 16.4. The van der Waals surface area contributed by atoms with Crippen LogP contribution in [0.25, 0.3) is 0 Å². The molecule has 2 aromatic rings. The summed E-state index contributed by atoms with van der Waals surface area (Å²) < 4.78 is 0. The molecule has 0 spiro atoms. The first-order valence-electron chi connectivity index (χ1n) is 10.8. The third-order valence-corrected chi connectivity index (χ3v) is 5.15. The lowest BCUT2D eigenvalue weighted by Gasteiger charge is -2.25. The number of amides is 3. The number of hydrogen-bond donors (Lipinski definition) is 8. The monoisotopic (exact) mass is 490 g/mol. The number of aliphatic hydroxyl groups excluding tert-OH is 2. The zero-order chi connectivity index (χ0) is 26.0. The van der Waals surface area contributed by atoms with Gasteiger partial charge in [-0.3, -0.25) is 14.4 Å². The van der Waals surface area contributed by atoms with Gasteiger partial charge in [0.25, 0.3) is 0 Å². The Morgan fingerprint density at radius 1 is 0.971 bits per heavy atom. The summed E-state index contributed by atoms with van der Waals surface area (Å²) in [6.07, 6.45) is 1.52. The number of hydrogen-bond acceptors (Lipinski definition) is 8. The first-order valence-corrected chi connectivity index (χ1v) is 10.8. The van der Waals surface area contributed by atoms with E-state index in [1.54, 1.807) is 30.3 Å². The smallest absolute Gasteiger partial charge is 0.326 e. The number of aromatic nitrogens is 2. The van der Waals surface area contributed by atoms with E-state index in [0.29, 0.717) is 11.3 Å². The van der Waals surface area contributed by atoms with E-state index in [-0.39, 0.29) is 12.8 Å². The summed E-state index contributed by atoms with van der Waals surface area (Å²) in [5, 5.41) is 35.8. The third-order valence-electron chi connectivity index (χ3n) is 5.15. The number of aliphatic carboxylic acids is 1. The normalized spacial score (nSPS) is 15.2. The zero-order valence-electron chi connectivity index (χ0n) is 19.0. The molecule has 1 aromatic carbocycles. The third kappa shape index (κ3) is 8.48. The van der Waals surface area contributed by atoms with Crippen LogP contribution in [0.5, 0.6) is 0 Å². The van der Waals surface area contributed by atoms with Crippen LogP contribution in [0, 0.1) is 0 Å². The van der Waals surface area contributed by atoms with E-state index in [0.717, 1.165) is 0 Å². The number of carboxylic acids is 1. The topological polar surface area (TPSA) is 220 Å². The number of rotatable bonds is 13. The van der Waals surface area contributed by atoms with Crippen LogP contribution in [0.1, 0.15) is 18.2 Å². The fourth-order valence-electron chi connectivity index (χ4n) is 3.10. The van der Waals surface area contributed by atoms with Gasteiger partial charge in [0.15, 0.2) is 0 Å². The average molecular weight is 491 g/mol. The fraction of sp³-hybridized carbons (Fsp3) is 0.409. The minimum atomic E-state index is -1.49. The van der Waals surface area contributed by atoms with Gasteiger partial charge in [-0.15, -0.1) is 0 Å². The molecule has 13 nitrogen and oxygen atoms in total. The van der Waals surface area contributed by atoms with Gasteiger partial charge in [-0.05, 0) is 12.5 Å². The molecule has 35 heavy (non-hydrogen) atoms. The molecule has 5 unspecified atom stereocenters. The first-order chi connectivity index (χ1) is 16.6. The van der Waals surface area contributed by atoms with Crippen LogP contribution in [0.15, 0.2) is 42.9 Å². The van der Waals surface area contributed by atoms with Gasteiger partial charge >= 0.3 is 5.97 Å². The molecule has 5 atom stereocenters. The Morgan fingerprint density at radius 3 is 2.11 bits per heavy atom. The predicted molar refractivity (Wildman–Crippen MR) is 123 cm³/mol. The van der Waals surface area contributed by atoms with E-state index in [9.17, 15) is 34.5 Å². The number of aromatic amines is 1. The number of aliphatic hydroxyl groups is 2. The molecule has 3 amide bonds. The van der Waals surface area contributed by atoms with Crippen molar-refractivity contribution in [2.45, 2.75) is 50.0 Å². The standard InChI is InChI=1S/C22H30N6O7/c1-12(30)18(23)21(33)26-15(7-13-5-3-2-4-6-13)19(31)28-17(10-29)20(32)27-16(22(34)35)8-14-9-24-11-25-14/h2-6,9,11-12,15-18,29-30H,7-8,10,23H2,1H3,(H,24,25)(H,26,33)(H,27,32)(H,28,31)(H,34,35). The van der Waals surface area contributed by atoms with Crippen molar-refractivity contribution < 1.29 is 34.5 Å². The Labute approximate surface area is 201 Å². The summed E-state index contributed by atoms with van der Waals surface area (Å²) in [6.45, 7) is 0.498. The predicted octanol–water partition coefficient (Wildman–Crippen LogP) is -2.57. The maximum Gasteiger partial charge on any atom is 0.326 e. The second-order valence-electron chi connectivity index (χ2n) is 7.94. The summed E-state index contributed by atoms with van der Waals surface area (Å²) in [5.41, 5.74) is 6.81. The zero-order valence-corrected chi connectivity index (χ0v) is 19.0. The number of imidazole rings is 1. The second-order valence-corrected chi connectivity index (χ2v) is 7.94. The largest absolute Gasteiger partial charge is 0.480 e. The van der Waals surface area contributed by atoms with Crippen molar-refractivity contribution in [2.75, 3.05) is 6.61 Å². The molecule has 9 N–H and O–H groups in total. The van der Waals surface area contributed by atoms with Crippen molar-refractivity contribution in [3.63, 3.8) is 0 Å². The molecule has 2 rings (SSSR count). The molecule has 0 saturated carbocycles. The minimum absolute atomic E-state index is 0.0300. The van der Waals surface area contributed by atoms with Gasteiger partial charge in [-0.2, -0.15) is 0 Å². The molecule has 190 valence electrons. The fourth-order valence-corrected chi connectivity index (χ4v) is 3.10. The Morgan fingerprint density at radius 2 is 1.57 bits per heavy atom. The minimum Gasteiger partial charge on any atom is -0.480 e. The van der Waals surface area contributed by atoms with Crippen LogP contribution in [-0.2, 0) is 32.0 Å². The number of benzene rings is 1. The average Bonchev–Trinajstić information content (AvgIpc) is 3.34. The number of H-pyrrole nitrogens is 1. The number of nitrogens with zero attached hydrogens (tertiary/aromatic N) is 1. The number of nitrogens with one attached hydrogen (secondary N) is 4. The lowest BCUT2D eigenvalue weighted by atomic mass is 10.0. The van der Waals surface area contributed by atoms with E-state index < -0.39 is 60.6 Å². The van der Waals surface area contributed by atoms with E-state index >= 15 is 0 Å². The quantitative estimate of drug-likeness (QED) is 0.148. The second kappa shape index (κ2) is 13.2. The summed E-state index contributed by atoms with van der Waals surface area (Å²) >= 11 is 0. The molecule has 0 fully saturated rings. The number of nitrogens with two attached hydrogens (primary N) is 1. The molecule has 0 bridgehead atoms. The van der Waals surface area contributed by atoms with Crippen LogP contribution in [-0.4, -0.2) is 85.9 Å². The van der Waals surface area contributed by atoms with Crippen molar-refractivity contribution in [2.24, 2.45) is 5.73 Å². The summed E-state index contributed by atoms with van der Waals surface area (Å²) in [7, 11) is 0. The van der Waals surface area contributed by atoms with Gasteiger partial charge in [0.1, 0.15) is 24.2 Å². The van der Waals surface area contributed by atoms with Crippen molar-refractivity contribution in [3.05, 3.63) is 54.1 Å². The highest BCUT2D eigenvalue weighted by Gasteiger charge is 2.31. The van der Waals surface area contributed by atoms with Crippen molar-refractivity contribution in [1.82, 2.24) is 25.9 Å². The van der Waals surface area contributed by atoms with Crippen LogP contribution in [0.3, 0.4) is 0 Å². The molecule has 1 aromatic heterocycles. The maximum absolute atomic E-state index is 13.0. The van der Waals surface area contributed by atoms with Gasteiger partial charge in [0.2, 0.25) is 17.7 Å². The number of carbonyl (C=O) groups excluding carboxylic acids is 3. The van der Waals surface area contributed by atoms with Crippen LogP contribution < -0.4 is 21.7 Å².